The minimum Gasteiger partial charge on any atom is -0.473 e. The Morgan fingerprint density at radius 1 is 1.31 bits per heavy atom. The summed E-state index contributed by atoms with van der Waals surface area (Å²) in [5.41, 5.74) is 1.14. The molecular formula is C16H23N5O4S. The van der Waals surface area contributed by atoms with Crippen LogP contribution < -0.4 is 9.47 Å². The minimum atomic E-state index is -3.63. The molecule has 1 saturated heterocycles. The largest absolute Gasteiger partial charge is 0.473 e. The van der Waals surface area contributed by atoms with Crippen molar-refractivity contribution in [1.82, 2.24) is 24.1 Å². The third kappa shape index (κ3) is 3.51. The van der Waals surface area contributed by atoms with E-state index < -0.39 is 10.0 Å². The summed E-state index contributed by atoms with van der Waals surface area (Å²) < 4.78 is 40.1. The maximum Gasteiger partial charge on any atom is 0.319 e. The fourth-order valence-electron chi connectivity index (χ4n) is 3.14. The molecule has 9 nitrogen and oxygen atoms in total. The first kappa shape index (κ1) is 18.6. The lowest BCUT2D eigenvalue weighted by Gasteiger charge is -2.31. The average Bonchev–Trinajstić information content (AvgIpc) is 2.88. The number of rotatable bonds is 5. The van der Waals surface area contributed by atoms with Crippen molar-refractivity contribution in [2.75, 3.05) is 20.2 Å². The second kappa shape index (κ2) is 7.20. The van der Waals surface area contributed by atoms with Gasteiger partial charge >= 0.3 is 6.01 Å². The first-order valence-corrected chi connectivity index (χ1v) is 9.81. The van der Waals surface area contributed by atoms with Crippen molar-refractivity contribution in [3.8, 4) is 11.9 Å². The van der Waals surface area contributed by atoms with Gasteiger partial charge in [0.15, 0.2) is 0 Å². The molecule has 2 aromatic heterocycles. The van der Waals surface area contributed by atoms with Gasteiger partial charge in [-0.05, 0) is 26.7 Å². The van der Waals surface area contributed by atoms with Crippen LogP contribution in [0.4, 0.5) is 0 Å². The molecule has 3 heterocycles. The van der Waals surface area contributed by atoms with Gasteiger partial charge in [-0.15, -0.1) is 0 Å². The maximum atomic E-state index is 13.1. The highest BCUT2D eigenvalue weighted by Crippen LogP contribution is 2.27. The molecule has 0 aromatic carbocycles. The van der Waals surface area contributed by atoms with Gasteiger partial charge in [0.1, 0.15) is 11.0 Å². The molecule has 1 aliphatic rings. The first-order chi connectivity index (χ1) is 12.3. The molecule has 0 spiro atoms. The number of aryl methyl sites for hydroxylation is 2. The Hall–Kier alpha value is -2.20. The van der Waals surface area contributed by atoms with Crippen LogP contribution in [-0.4, -0.2) is 58.8 Å². The van der Waals surface area contributed by atoms with Gasteiger partial charge in [0, 0.05) is 25.9 Å². The van der Waals surface area contributed by atoms with Crippen LogP contribution in [0.25, 0.3) is 0 Å². The van der Waals surface area contributed by atoms with Gasteiger partial charge in [0.05, 0.1) is 25.0 Å². The van der Waals surface area contributed by atoms with Crippen LogP contribution >= 0.6 is 0 Å². The van der Waals surface area contributed by atoms with Gasteiger partial charge in [0.25, 0.3) is 0 Å². The monoisotopic (exact) mass is 381 g/mol. The van der Waals surface area contributed by atoms with Crippen LogP contribution in [0.5, 0.6) is 11.9 Å². The van der Waals surface area contributed by atoms with Gasteiger partial charge in [-0.25, -0.2) is 13.4 Å². The lowest BCUT2D eigenvalue weighted by Crippen LogP contribution is -2.44. The fraction of sp³-hybridized carbons (Fsp3) is 0.562. The number of sulfonamides is 1. The molecule has 1 fully saturated rings. The summed E-state index contributed by atoms with van der Waals surface area (Å²) in [6, 6.07) is 1.84. The molecule has 1 aliphatic heterocycles. The summed E-state index contributed by atoms with van der Waals surface area (Å²) in [5.74, 6) is 0.370. The van der Waals surface area contributed by atoms with Crippen molar-refractivity contribution in [3.05, 3.63) is 23.7 Å². The summed E-state index contributed by atoms with van der Waals surface area (Å²) in [6.45, 7) is 4.20. The molecule has 0 bridgehead atoms. The number of nitrogens with zero attached hydrogens (tertiary/aromatic N) is 5. The number of hydrogen-bond acceptors (Lipinski definition) is 7. The molecule has 3 rings (SSSR count). The normalized spacial score (nSPS) is 18.7. The molecule has 26 heavy (non-hydrogen) atoms. The standard InChI is InChI=1S/C16H23N5O4S/c1-11-15(12(2)20(3)19-11)26(22,23)21-9-5-6-13(10-21)25-14-7-8-17-16(18-14)24-4/h7-8,13H,5-6,9-10H2,1-4H3. The number of ether oxygens (including phenoxy) is 2. The van der Waals surface area contributed by atoms with E-state index in [0.717, 1.165) is 6.42 Å². The molecule has 2 aromatic rings. The smallest absolute Gasteiger partial charge is 0.319 e. The van der Waals surface area contributed by atoms with E-state index in [2.05, 4.69) is 15.1 Å². The minimum absolute atomic E-state index is 0.212. The van der Waals surface area contributed by atoms with Crippen molar-refractivity contribution in [3.63, 3.8) is 0 Å². The van der Waals surface area contributed by atoms with Gasteiger partial charge < -0.3 is 9.47 Å². The van der Waals surface area contributed by atoms with E-state index in [1.807, 2.05) is 0 Å². The SMILES string of the molecule is COc1nccc(OC2CCCN(S(=O)(=O)c3c(C)nn(C)c3C)C2)n1. The van der Waals surface area contributed by atoms with E-state index in [4.69, 9.17) is 9.47 Å². The second-order valence-corrected chi connectivity index (χ2v) is 8.13. The molecular weight excluding hydrogens is 358 g/mol. The first-order valence-electron chi connectivity index (χ1n) is 8.37. The zero-order valence-electron chi connectivity index (χ0n) is 15.3. The summed E-state index contributed by atoms with van der Waals surface area (Å²) in [4.78, 5) is 8.34. The zero-order chi connectivity index (χ0) is 18.9. The van der Waals surface area contributed by atoms with Crippen molar-refractivity contribution < 1.29 is 17.9 Å². The average molecular weight is 381 g/mol. The third-order valence-corrected chi connectivity index (χ3v) is 6.58. The summed E-state index contributed by atoms with van der Waals surface area (Å²) in [7, 11) is -0.407. The lowest BCUT2D eigenvalue weighted by atomic mass is 10.1. The predicted molar refractivity (Wildman–Crippen MR) is 93.7 cm³/mol. The van der Waals surface area contributed by atoms with E-state index in [-0.39, 0.29) is 23.6 Å². The lowest BCUT2D eigenvalue weighted by molar-refractivity contribution is 0.123. The molecule has 0 radical (unpaired) electrons. The molecule has 10 heteroatoms. The molecule has 0 saturated carbocycles. The van der Waals surface area contributed by atoms with E-state index in [1.165, 1.54) is 11.4 Å². The van der Waals surface area contributed by atoms with E-state index in [1.54, 1.807) is 37.8 Å². The van der Waals surface area contributed by atoms with Crippen LogP contribution in [0.15, 0.2) is 17.2 Å². The van der Waals surface area contributed by atoms with Gasteiger partial charge in [-0.2, -0.15) is 14.4 Å². The molecule has 0 N–H and O–H groups in total. The van der Waals surface area contributed by atoms with Crippen molar-refractivity contribution in [2.24, 2.45) is 7.05 Å². The van der Waals surface area contributed by atoms with Crippen molar-refractivity contribution in [1.29, 1.82) is 0 Å². The number of hydrogen-bond donors (Lipinski definition) is 0. The highest BCUT2D eigenvalue weighted by atomic mass is 32.2. The van der Waals surface area contributed by atoms with Crippen LogP contribution in [-0.2, 0) is 17.1 Å². The number of methoxy groups -OCH3 is 1. The summed E-state index contributed by atoms with van der Waals surface area (Å²) >= 11 is 0. The quantitative estimate of drug-likeness (QED) is 0.764. The van der Waals surface area contributed by atoms with Gasteiger partial charge in [0.2, 0.25) is 15.9 Å². The van der Waals surface area contributed by atoms with Crippen LogP contribution in [0.3, 0.4) is 0 Å². The predicted octanol–water partition coefficient (Wildman–Crippen LogP) is 1.07. The van der Waals surface area contributed by atoms with E-state index in [9.17, 15) is 8.42 Å². The highest BCUT2D eigenvalue weighted by Gasteiger charge is 2.34. The third-order valence-electron chi connectivity index (χ3n) is 4.46. The Morgan fingerprint density at radius 3 is 2.73 bits per heavy atom. The Kier molecular flexibility index (Phi) is 5.15. The number of piperidine rings is 1. The summed E-state index contributed by atoms with van der Waals surface area (Å²) in [6.07, 6.45) is 2.73. The van der Waals surface area contributed by atoms with E-state index in [0.29, 0.717) is 30.2 Å². The molecule has 142 valence electrons. The van der Waals surface area contributed by atoms with Crippen molar-refractivity contribution >= 4 is 10.0 Å². The van der Waals surface area contributed by atoms with Crippen LogP contribution in [0.2, 0.25) is 0 Å². The van der Waals surface area contributed by atoms with Gasteiger partial charge in [-0.3, -0.25) is 4.68 Å². The number of aromatic nitrogens is 4. The van der Waals surface area contributed by atoms with Crippen LogP contribution in [0, 0.1) is 13.8 Å². The highest BCUT2D eigenvalue weighted by molar-refractivity contribution is 7.89. The Morgan fingerprint density at radius 2 is 2.08 bits per heavy atom. The Balaban J connectivity index is 1.79. The van der Waals surface area contributed by atoms with Crippen molar-refractivity contribution in [2.45, 2.75) is 37.7 Å². The Labute approximate surface area is 153 Å². The van der Waals surface area contributed by atoms with E-state index >= 15 is 0 Å². The fourth-order valence-corrected chi connectivity index (χ4v) is 5.05. The second-order valence-electron chi connectivity index (χ2n) is 6.25. The molecule has 1 unspecified atom stereocenters. The zero-order valence-corrected chi connectivity index (χ0v) is 16.2. The molecule has 0 amide bonds. The summed E-state index contributed by atoms with van der Waals surface area (Å²) in [5, 5.41) is 4.23. The molecule has 0 aliphatic carbocycles. The maximum absolute atomic E-state index is 13.1. The molecule has 1 atom stereocenters. The Bertz CT molecular complexity index is 896. The van der Waals surface area contributed by atoms with Crippen LogP contribution in [0.1, 0.15) is 24.2 Å². The van der Waals surface area contributed by atoms with Gasteiger partial charge in [-0.1, -0.05) is 0 Å². The topological polar surface area (TPSA) is 99.4 Å².